The maximum absolute atomic E-state index is 12.5. The van der Waals surface area contributed by atoms with Gasteiger partial charge in [-0.3, -0.25) is 9.59 Å². The van der Waals surface area contributed by atoms with Crippen LogP contribution in [0.5, 0.6) is 0 Å². The van der Waals surface area contributed by atoms with Crippen LogP contribution in [0.3, 0.4) is 0 Å². The van der Waals surface area contributed by atoms with E-state index in [9.17, 15) is 19.5 Å². The van der Waals surface area contributed by atoms with Gasteiger partial charge in [-0.25, -0.2) is 4.79 Å². The van der Waals surface area contributed by atoms with Crippen molar-refractivity contribution < 1.29 is 24.2 Å². The molecule has 0 aromatic rings. The van der Waals surface area contributed by atoms with Gasteiger partial charge in [-0.2, -0.15) is 0 Å². The first-order valence-electron chi connectivity index (χ1n) is 17.6. The highest BCUT2D eigenvalue weighted by Gasteiger charge is 2.18. The first kappa shape index (κ1) is 42.1. The molecular weight excluding hydrogens is 564 g/mol. The fraction of sp³-hybridized carbons (Fsp3) is 0.658. The molecule has 2 atom stereocenters. The molecule has 2 unspecified atom stereocenters. The molecule has 0 fully saturated rings. The fourth-order valence-electron chi connectivity index (χ4n) is 4.65. The molecule has 4 N–H and O–H groups in total. The van der Waals surface area contributed by atoms with Gasteiger partial charge >= 0.3 is 11.9 Å². The molecule has 0 heterocycles. The third kappa shape index (κ3) is 29.5. The Bertz CT molecular complexity index is 891. The van der Waals surface area contributed by atoms with E-state index in [1.54, 1.807) is 0 Å². The smallest absolute Gasteiger partial charge is 0.326 e. The Morgan fingerprint density at radius 1 is 0.689 bits per heavy atom. The van der Waals surface area contributed by atoms with Crippen molar-refractivity contribution in [2.75, 3.05) is 6.54 Å². The number of esters is 1. The van der Waals surface area contributed by atoms with Crippen molar-refractivity contribution in [3.05, 3.63) is 60.8 Å². The fourth-order valence-corrected chi connectivity index (χ4v) is 4.65. The van der Waals surface area contributed by atoms with Gasteiger partial charge in [-0.1, -0.05) is 101 Å². The molecule has 0 aliphatic carbocycles. The van der Waals surface area contributed by atoms with Crippen LogP contribution in [0.2, 0.25) is 0 Å². The zero-order valence-electron chi connectivity index (χ0n) is 28.4. The Morgan fingerprint density at radius 2 is 1.29 bits per heavy atom. The summed E-state index contributed by atoms with van der Waals surface area (Å²) in [5, 5.41) is 11.8. The van der Waals surface area contributed by atoms with E-state index >= 15 is 0 Å². The minimum atomic E-state index is -1.02. The predicted octanol–water partition coefficient (Wildman–Crippen LogP) is 9.05. The largest absolute Gasteiger partial charge is 0.480 e. The second kappa shape index (κ2) is 32.5. The summed E-state index contributed by atoms with van der Waals surface area (Å²) in [6.45, 7) is 4.67. The third-order valence-electron chi connectivity index (χ3n) is 7.28. The van der Waals surface area contributed by atoms with Crippen LogP contribution in [0, 0.1) is 0 Å². The monoisotopic (exact) mass is 628 g/mol. The molecule has 256 valence electrons. The van der Waals surface area contributed by atoms with Crippen LogP contribution in [0.4, 0.5) is 0 Å². The average Bonchev–Trinajstić information content (AvgIpc) is 3.02. The normalized spacial score (nSPS) is 13.5. The summed E-state index contributed by atoms with van der Waals surface area (Å²) in [6, 6.07) is -0.873. The molecule has 0 aromatic heterocycles. The highest BCUT2D eigenvalue weighted by Crippen LogP contribution is 2.14. The SMILES string of the molecule is CC/C=C\C/C=C\C/C=C\C/C=C\CCCCCCC(=O)OC(/C=C\CCC)CCCCCCC(=O)NC(CCCN)C(=O)O. The highest BCUT2D eigenvalue weighted by molar-refractivity contribution is 5.83. The molecule has 0 aromatic carbocycles. The number of allylic oxidation sites excluding steroid dienone is 9. The van der Waals surface area contributed by atoms with E-state index < -0.39 is 12.0 Å². The lowest BCUT2D eigenvalue weighted by atomic mass is 10.1. The van der Waals surface area contributed by atoms with Gasteiger partial charge in [0.1, 0.15) is 12.1 Å². The average molecular weight is 629 g/mol. The van der Waals surface area contributed by atoms with Crippen LogP contribution >= 0.6 is 0 Å². The van der Waals surface area contributed by atoms with E-state index in [2.05, 4.69) is 73.8 Å². The topological polar surface area (TPSA) is 119 Å². The number of ether oxygens (including phenoxy) is 1. The number of nitrogens with two attached hydrogens (primary N) is 1. The third-order valence-corrected chi connectivity index (χ3v) is 7.28. The summed E-state index contributed by atoms with van der Waals surface area (Å²) in [5.41, 5.74) is 5.45. The number of carbonyl (C=O) groups excluding carboxylic acids is 2. The molecule has 45 heavy (non-hydrogen) atoms. The number of hydrogen-bond acceptors (Lipinski definition) is 5. The number of unbranched alkanes of at least 4 members (excludes halogenated alkanes) is 8. The Labute approximate surface area is 274 Å². The van der Waals surface area contributed by atoms with E-state index in [-0.39, 0.29) is 18.0 Å². The number of amides is 1. The molecule has 0 saturated carbocycles. The molecule has 1 amide bonds. The second-order valence-corrected chi connectivity index (χ2v) is 11.5. The van der Waals surface area contributed by atoms with Gasteiger partial charge in [-0.05, 0) is 96.1 Å². The van der Waals surface area contributed by atoms with E-state index in [0.717, 1.165) is 96.3 Å². The van der Waals surface area contributed by atoms with Gasteiger partial charge in [0.15, 0.2) is 0 Å². The Kier molecular flexibility index (Phi) is 30.3. The standard InChI is InChI=1S/C38H64N2O5/c1-3-5-7-8-9-10-11-12-13-14-15-16-17-18-19-20-26-32-37(42)45-34(28-23-6-4-2)29-24-21-22-25-31-36(41)40-35(38(43)44)30-27-33-39/h5,7,9-10,12-13,15-16,23,28,34-35H,3-4,6,8,11,14,17-22,24-27,29-33,39H2,1-2H3,(H,40,41)(H,43,44)/b7-5-,10-9-,13-12-,16-15-,28-23-. The number of aliphatic carboxylic acids is 1. The summed E-state index contributed by atoms with van der Waals surface area (Å²) in [7, 11) is 0. The van der Waals surface area contributed by atoms with E-state index in [1.807, 2.05) is 6.08 Å². The lowest BCUT2D eigenvalue weighted by Gasteiger charge is -2.15. The molecule has 0 spiro atoms. The summed E-state index contributed by atoms with van der Waals surface area (Å²) in [4.78, 5) is 35.9. The molecule has 0 aliphatic rings. The first-order valence-corrected chi connectivity index (χ1v) is 17.6. The van der Waals surface area contributed by atoms with Gasteiger partial charge in [0, 0.05) is 12.8 Å². The maximum Gasteiger partial charge on any atom is 0.326 e. The van der Waals surface area contributed by atoms with Crippen molar-refractivity contribution in [1.29, 1.82) is 0 Å². The van der Waals surface area contributed by atoms with Crippen LogP contribution in [-0.4, -0.2) is 41.6 Å². The molecule has 0 bridgehead atoms. The zero-order chi connectivity index (χ0) is 33.2. The van der Waals surface area contributed by atoms with Crippen molar-refractivity contribution in [3.63, 3.8) is 0 Å². The number of carbonyl (C=O) groups is 3. The van der Waals surface area contributed by atoms with Crippen LogP contribution in [0.1, 0.15) is 142 Å². The molecule has 0 radical (unpaired) electrons. The summed E-state index contributed by atoms with van der Waals surface area (Å²) in [6.07, 6.45) is 38.8. The van der Waals surface area contributed by atoms with Gasteiger partial charge in [0.05, 0.1) is 0 Å². The van der Waals surface area contributed by atoms with Crippen LogP contribution < -0.4 is 11.1 Å². The van der Waals surface area contributed by atoms with Gasteiger partial charge in [0.2, 0.25) is 5.91 Å². The number of carboxylic acid groups (broad SMARTS) is 1. The van der Waals surface area contributed by atoms with Crippen LogP contribution in [0.15, 0.2) is 60.8 Å². The van der Waals surface area contributed by atoms with Gasteiger partial charge in [0.25, 0.3) is 0 Å². The lowest BCUT2D eigenvalue weighted by Crippen LogP contribution is -2.40. The second-order valence-electron chi connectivity index (χ2n) is 11.5. The minimum absolute atomic E-state index is 0.126. The number of rotatable bonds is 30. The van der Waals surface area contributed by atoms with E-state index in [1.165, 1.54) is 0 Å². The zero-order valence-corrected chi connectivity index (χ0v) is 28.4. The molecule has 7 nitrogen and oxygen atoms in total. The molecular formula is C38H64N2O5. The van der Waals surface area contributed by atoms with Crippen molar-refractivity contribution >= 4 is 17.8 Å². The molecule has 7 heteroatoms. The number of hydrogen-bond donors (Lipinski definition) is 3. The summed E-state index contributed by atoms with van der Waals surface area (Å²) >= 11 is 0. The van der Waals surface area contributed by atoms with Crippen molar-refractivity contribution in [2.45, 2.75) is 154 Å². The van der Waals surface area contributed by atoms with E-state index in [0.29, 0.717) is 38.6 Å². The Hall–Kier alpha value is -2.93. The molecule has 0 rings (SSSR count). The number of carboxylic acids is 1. The van der Waals surface area contributed by atoms with Crippen molar-refractivity contribution in [3.8, 4) is 0 Å². The van der Waals surface area contributed by atoms with Gasteiger partial charge in [-0.15, -0.1) is 0 Å². The Balaban J connectivity index is 4.07. The number of nitrogens with one attached hydrogen (secondary N) is 1. The lowest BCUT2D eigenvalue weighted by molar-refractivity contribution is -0.147. The van der Waals surface area contributed by atoms with Crippen molar-refractivity contribution in [1.82, 2.24) is 5.32 Å². The van der Waals surface area contributed by atoms with Crippen LogP contribution in [-0.2, 0) is 19.1 Å². The van der Waals surface area contributed by atoms with Crippen molar-refractivity contribution in [2.24, 2.45) is 5.73 Å². The maximum atomic E-state index is 12.5. The Morgan fingerprint density at radius 3 is 1.91 bits per heavy atom. The van der Waals surface area contributed by atoms with Gasteiger partial charge < -0.3 is 20.9 Å². The first-order chi connectivity index (χ1) is 21.9. The quantitative estimate of drug-likeness (QED) is 0.0415. The predicted molar refractivity (Wildman–Crippen MR) is 188 cm³/mol. The minimum Gasteiger partial charge on any atom is -0.480 e. The van der Waals surface area contributed by atoms with E-state index in [4.69, 9.17) is 10.5 Å². The molecule has 0 aliphatic heterocycles. The highest BCUT2D eigenvalue weighted by atomic mass is 16.5. The van der Waals surface area contributed by atoms with Crippen LogP contribution in [0.25, 0.3) is 0 Å². The summed E-state index contributed by atoms with van der Waals surface area (Å²) in [5.74, 6) is -1.38. The molecule has 0 saturated heterocycles. The summed E-state index contributed by atoms with van der Waals surface area (Å²) < 4.78 is 5.79.